The van der Waals surface area contributed by atoms with E-state index in [9.17, 15) is 9.59 Å². The van der Waals surface area contributed by atoms with Gasteiger partial charge < -0.3 is 14.2 Å². The van der Waals surface area contributed by atoms with Crippen LogP contribution in [0.15, 0.2) is 54.6 Å². The van der Waals surface area contributed by atoms with Gasteiger partial charge in [-0.15, -0.1) is 0 Å². The van der Waals surface area contributed by atoms with Crippen LogP contribution in [0.1, 0.15) is 25.8 Å². The molecule has 0 aliphatic heterocycles. The fourth-order valence-electron chi connectivity index (χ4n) is 2.40. The zero-order valence-corrected chi connectivity index (χ0v) is 15.5. The second-order valence-corrected chi connectivity index (χ2v) is 7.05. The Labute approximate surface area is 149 Å². The molecule has 5 nitrogen and oxygen atoms in total. The molecule has 0 bridgehead atoms. The first kappa shape index (κ1) is 18.7. The van der Waals surface area contributed by atoms with E-state index in [2.05, 4.69) is 5.32 Å². The summed E-state index contributed by atoms with van der Waals surface area (Å²) >= 11 is 0. The van der Waals surface area contributed by atoms with Crippen molar-refractivity contribution in [3.8, 4) is 0 Å². The van der Waals surface area contributed by atoms with Gasteiger partial charge in [-0.1, -0.05) is 42.5 Å². The lowest BCUT2D eigenvalue weighted by Crippen LogP contribution is -2.41. The Morgan fingerprint density at radius 1 is 0.920 bits per heavy atom. The maximum Gasteiger partial charge on any atom is 0.576 e. The summed E-state index contributed by atoms with van der Waals surface area (Å²) in [6.07, 6.45) is 1.70. The predicted octanol–water partition coefficient (Wildman–Crippen LogP) is 2.55. The highest BCUT2D eigenvalue weighted by atomic mass is 28.3. The molecule has 0 atom stereocenters. The fraction of sp³-hybridized carbons (Fsp3) is 0.263. The lowest BCUT2D eigenvalue weighted by Gasteiger charge is -2.16. The molecule has 0 saturated heterocycles. The topological polar surface area (TPSA) is 64.6 Å². The number of hydrogen-bond donors (Lipinski definition) is 1. The van der Waals surface area contributed by atoms with Crippen LogP contribution < -0.4 is 10.5 Å². The fourth-order valence-corrected chi connectivity index (χ4v) is 3.88. The number of benzene rings is 2. The number of carbonyl (C=O) groups excluding carboxylic acids is 2. The van der Waals surface area contributed by atoms with Crippen molar-refractivity contribution >= 4 is 32.1 Å². The van der Waals surface area contributed by atoms with Crippen molar-refractivity contribution in [3.63, 3.8) is 0 Å². The third kappa shape index (κ3) is 6.43. The minimum Gasteiger partial charge on any atom is -0.480 e. The third-order valence-electron chi connectivity index (χ3n) is 3.44. The Hall–Kier alpha value is -2.60. The summed E-state index contributed by atoms with van der Waals surface area (Å²) in [4.78, 5) is 22.7. The number of hydrogen-bond acceptors (Lipinski definition) is 5. The van der Waals surface area contributed by atoms with Crippen molar-refractivity contribution in [2.24, 2.45) is 0 Å². The molecule has 0 fully saturated rings. The first-order chi connectivity index (χ1) is 12.1. The van der Waals surface area contributed by atoms with Crippen LogP contribution in [-0.2, 0) is 24.9 Å². The number of nitrogens with one attached hydrogen (secondary N) is 1. The van der Waals surface area contributed by atoms with Gasteiger partial charge in [0.2, 0.25) is 0 Å². The van der Waals surface area contributed by atoms with E-state index in [1.807, 2.05) is 54.6 Å². The van der Waals surface area contributed by atoms with Crippen molar-refractivity contribution in [3.05, 3.63) is 60.2 Å². The number of carbonyl (C=O) groups is 2. The van der Waals surface area contributed by atoms with E-state index in [0.29, 0.717) is 0 Å². The molecule has 0 heterocycles. The Kier molecular flexibility index (Phi) is 7.22. The molecule has 0 saturated carbocycles. The van der Waals surface area contributed by atoms with E-state index in [4.69, 9.17) is 8.85 Å². The molecular formula is C19H22NO4Si. The van der Waals surface area contributed by atoms with Gasteiger partial charge >= 0.3 is 9.28 Å². The van der Waals surface area contributed by atoms with Gasteiger partial charge in [0.05, 0.1) is 0 Å². The smallest absolute Gasteiger partial charge is 0.480 e. The molecule has 0 spiro atoms. The predicted molar refractivity (Wildman–Crippen MR) is 98.6 cm³/mol. The highest BCUT2D eigenvalue weighted by Crippen LogP contribution is 2.08. The number of aryl methyl sites for hydroxylation is 1. The normalized spacial score (nSPS) is 10.4. The molecule has 2 aromatic rings. The monoisotopic (exact) mass is 356 g/mol. The Bertz CT molecular complexity index is 690. The van der Waals surface area contributed by atoms with Crippen molar-refractivity contribution in [2.75, 3.05) is 11.9 Å². The average molecular weight is 356 g/mol. The molecule has 0 aliphatic rings. The van der Waals surface area contributed by atoms with E-state index in [0.717, 1.165) is 35.8 Å². The first-order valence-corrected chi connectivity index (χ1v) is 9.49. The molecule has 0 aliphatic carbocycles. The molecular weight excluding hydrogens is 334 g/mol. The van der Waals surface area contributed by atoms with E-state index in [1.165, 1.54) is 13.8 Å². The van der Waals surface area contributed by atoms with Gasteiger partial charge in [0.25, 0.3) is 11.9 Å². The van der Waals surface area contributed by atoms with Crippen molar-refractivity contribution in [2.45, 2.75) is 26.7 Å². The van der Waals surface area contributed by atoms with Crippen LogP contribution >= 0.6 is 0 Å². The number of anilines is 1. The molecule has 0 unspecified atom stereocenters. The molecule has 131 valence electrons. The highest BCUT2D eigenvalue weighted by molar-refractivity contribution is 6.64. The summed E-state index contributed by atoms with van der Waals surface area (Å²) in [6.45, 7) is 3.46. The number of rotatable bonds is 8. The van der Waals surface area contributed by atoms with Gasteiger partial charge in [-0.25, -0.2) is 0 Å². The van der Waals surface area contributed by atoms with Gasteiger partial charge in [0.15, 0.2) is 0 Å². The van der Waals surface area contributed by atoms with Gasteiger partial charge in [0.1, 0.15) is 0 Å². The average Bonchev–Trinajstić information content (AvgIpc) is 2.58. The second-order valence-electron chi connectivity index (χ2n) is 5.53. The Balaban J connectivity index is 2.00. The summed E-state index contributed by atoms with van der Waals surface area (Å²) in [7, 11) is -2.16. The van der Waals surface area contributed by atoms with E-state index in [1.54, 1.807) is 0 Å². The second kappa shape index (κ2) is 9.63. The highest BCUT2D eigenvalue weighted by Gasteiger charge is 2.28. The lowest BCUT2D eigenvalue weighted by atomic mass is 10.1. The largest absolute Gasteiger partial charge is 0.576 e. The van der Waals surface area contributed by atoms with Crippen LogP contribution in [0.2, 0.25) is 0 Å². The van der Waals surface area contributed by atoms with Crippen molar-refractivity contribution in [1.29, 1.82) is 0 Å². The van der Waals surface area contributed by atoms with Crippen LogP contribution in [0.25, 0.3) is 0 Å². The number of para-hydroxylation sites is 1. The molecule has 1 N–H and O–H groups in total. The van der Waals surface area contributed by atoms with Gasteiger partial charge in [-0.2, -0.15) is 0 Å². The molecule has 0 aromatic heterocycles. The third-order valence-corrected chi connectivity index (χ3v) is 5.31. The Morgan fingerprint density at radius 3 is 2.16 bits per heavy atom. The summed E-state index contributed by atoms with van der Waals surface area (Å²) in [6, 6.07) is 17.6. The van der Waals surface area contributed by atoms with E-state index in [-0.39, 0.29) is 0 Å². The van der Waals surface area contributed by atoms with Gasteiger partial charge in [-0.3, -0.25) is 9.59 Å². The van der Waals surface area contributed by atoms with Crippen LogP contribution in [0.5, 0.6) is 0 Å². The summed E-state index contributed by atoms with van der Waals surface area (Å²) < 4.78 is 10.5. The van der Waals surface area contributed by atoms with Gasteiger partial charge in [-0.05, 0) is 30.5 Å². The van der Waals surface area contributed by atoms with Gasteiger partial charge in [0, 0.05) is 31.3 Å². The maximum absolute atomic E-state index is 11.3. The molecule has 0 amide bonds. The Morgan fingerprint density at radius 2 is 1.52 bits per heavy atom. The maximum atomic E-state index is 11.3. The lowest BCUT2D eigenvalue weighted by molar-refractivity contribution is -0.137. The first-order valence-electron chi connectivity index (χ1n) is 8.17. The van der Waals surface area contributed by atoms with E-state index < -0.39 is 21.2 Å². The summed E-state index contributed by atoms with van der Waals surface area (Å²) in [5.41, 5.74) is 2.12. The van der Waals surface area contributed by atoms with Crippen LogP contribution in [0, 0.1) is 0 Å². The molecule has 1 radical (unpaired) electrons. The zero-order chi connectivity index (χ0) is 18.1. The zero-order valence-electron chi connectivity index (χ0n) is 14.5. The minimum atomic E-state index is -2.16. The van der Waals surface area contributed by atoms with E-state index >= 15 is 0 Å². The van der Waals surface area contributed by atoms with Crippen LogP contribution in [-0.4, -0.2) is 27.8 Å². The van der Waals surface area contributed by atoms with Crippen molar-refractivity contribution < 1.29 is 18.4 Å². The molecule has 6 heteroatoms. The quantitative estimate of drug-likeness (QED) is 0.582. The minimum absolute atomic E-state index is 0.448. The SMILES string of the molecule is CC(=O)O[Si](OC(C)=O)c1ccccc1CCCNc1ccccc1. The summed E-state index contributed by atoms with van der Waals surface area (Å²) in [5.74, 6) is -0.897. The van der Waals surface area contributed by atoms with Crippen molar-refractivity contribution in [1.82, 2.24) is 0 Å². The molecule has 25 heavy (non-hydrogen) atoms. The van der Waals surface area contributed by atoms with Crippen LogP contribution in [0.3, 0.4) is 0 Å². The molecule has 2 aromatic carbocycles. The summed E-state index contributed by atoms with van der Waals surface area (Å²) in [5, 5.41) is 4.17. The van der Waals surface area contributed by atoms with Crippen LogP contribution in [0.4, 0.5) is 5.69 Å². The molecule has 2 rings (SSSR count). The standard InChI is InChI=1S/C19H22NO4Si/c1-15(21)23-25(24-16(2)22)19-13-7-6-9-17(19)10-8-14-20-18-11-4-3-5-12-18/h3-7,9,11-13,20H,8,10,14H2,1-2H3.